The average molecular weight is 464 g/mol. The van der Waals surface area contributed by atoms with Crippen LogP contribution in [0.3, 0.4) is 0 Å². The fourth-order valence-corrected chi connectivity index (χ4v) is 3.58. The van der Waals surface area contributed by atoms with E-state index >= 15 is 0 Å². The number of hydrogen-bond acceptors (Lipinski definition) is 6. The lowest BCUT2D eigenvalue weighted by atomic mass is 9.96. The fourth-order valence-electron chi connectivity index (χ4n) is 3.58. The molecule has 0 saturated carbocycles. The van der Waals surface area contributed by atoms with Gasteiger partial charge < -0.3 is 25.0 Å². The highest BCUT2D eigenvalue weighted by atomic mass is 16.5. The lowest BCUT2D eigenvalue weighted by Crippen LogP contribution is -2.15. The van der Waals surface area contributed by atoms with E-state index in [1.54, 1.807) is 43.3 Å². The molecular weight excluding hydrogens is 430 g/mol. The first-order chi connectivity index (χ1) is 16.5. The summed E-state index contributed by atoms with van der Waals surface area (Å²) in [6.07, 6.45) is 1.75. The van der Waals surface area contributed by atoms with Crippen LogP contribution >= 0.6 is 0 Å². The molecule has 0 radical (unpaired) electrons. The molecule has 2 atom stereocenters. The van der Waals surface area contributed by atoms with E-state index in [1.807, 2.05) is 36.4 Å². The SMILES string of the molecule is CCCCOc1ccc(C(CC(O)c2ccc(O)cc2)Nc2ccc(C(=O)OCC)cc2)cc1. The Labute approximate surface area is 201 Å². The molecule has 0 aromatic heterocycles. The van der Waals surface area contributed by atoms with Crippen LogP contribution in [0.25, 0.3) is 0 Å². The molecule has 180 valence electrons. The summed E-state index contributed by atoms with van der Waals surface area (Å²) in [7, 11) is 0. The van der Waals surface area contributed by atoms with Gasteiger partial charge in [-0.05, 0) is 73.0 Å². The Morgan fingerprint density at radius 2 is 1.56 bits per heavy atom. The largest absolute Gasteiger partial charge is 0.508 e. The van der Waals surface area contributed by atoms with Gasteiger partial charge in [0, 0.05) is 12.1 Å². The maximum atomic E-state index is 11.9. The maximum absolute atomic E-state index is 11.9. The van der Waals surface area contributed by atoms with Crippen molar-refractivity contribution in [3.8, 4) is 11.5 Å². The van der Waals surface area contributed by atoms with Gasteiger partial charge in [0.25, 0.3) is 0 Å². The first-order valence-electron chi connectivity index (χ1n) is 11.7. The molecule has 34 heavy (non-hydrogen) atoms. The number of aliphatic hydroxyl groups is 1. The predicted octanol–water partition coefficient (Wildman–Crippen LogP) is 6.02. The summed E-state index contributed by atoms with van der Waals surface area (Å²) >= 11 is 0. The Hall–Kier alpha value is -3.51. The standard InChI is InChI=1S/C28H33NO5/c1-3-5-18-34-25-16-10-20(11-17-25)26(19-27(31)21-8-14-24(30)15-9-21)29-23-12-6-22(7-13-23)28(32)33-4-2/h6-17,26-27,29-31H,3-5,18-19H2,1-2H3. The summed E-state index contributed by atoms with van der Waals surface area (Å²) in [6.45, 7) is 4.91. The molecule has 0 aliphatic heterocycles. The van der Waals surface area contributed by atoms with Crippen LogP contribution in [0.15, 0.2) is 72.8 Å². The van der Waals surface area contributed by atoms with E-state index in [2.05, 4.69) is 12.2 Å². The van der Waals surface area contributed by atoms with Crippen molar-refractivity contribution in [1.29, 1.82) is 0 Å². The summed E-state index contributed by atoms with van der Waals surface area (Å²) in [5.41, 5.74) is 3.03. The normalized spacial score (nSPS) is 12.6. The second-order valence-corrected chi connectivity index (χ2v) is 8.11. The molecule has 3 aromatic carbocycles. The Balaban J connectivity index is 1.78. The molecule has 0 aliphatic rings. The summed E-state index contributed by atoms with van der Waals surface area (Å²) < 4.78 is 10.8. The van der Waals surface area contributed by atoms with E-state index in [-0.39, 0.29) is 17.8 Å². The Morgan fingerprint density at radius 3 is 2.18 bits per heavy atom. The number of aromatic hydroxyl groups is 1. The molecule has 0 fully saturated rings. The van der Waals surface area contributed by atoms with Gasteiger partial charge in [-0.3, -0.25) is 0 Å². The van der Waals surface area contributed by atoms with E-state index in [4.69, 9.17) is 9.47 Å². The Bertz CT molecular complexity index is 1020. The number of nitrogens with one attached hydrogen (secondary N) is 1. The van der Waals surface area contributed by atoms with E-state index in [0.29, 0.717) is 25.2 Å². The third kappa shape index (κ3) is 7.25. The van der Waals surface area contributed by atoms with Crippen molar-refractivity contribution >= 4 is 11.7 Å². The van der Waals surface area contributed by atoms with Crippen molar-refractivity contribution in [1.82, 2.24) is 0 Å². The maximum Gasteiger partial charge on any atom is 0.338 e. The zero-order valence-electron chi connectivity index (χ0n) is 19.7. The van der Waals surface area contributed by atoms with Gasteiger partial charge in [0.15, 0.2) is 0 Å². The number of hydrogen-bond donors (Lipinski definition) is 3. The predicted molar refractivity (Wildman–Crippen MR) is 133 cm³/mol. The molecule has 0 bridgehead atoms. The monoisotopic (exact) mass is 463 g/mol. The molecular formula is C28H33NO5. The van der Waals surface area contributed by atoms with Crippen molar-refractivity contribution in [2.24, 2.45) is 0 Å². The minimum atomic E-state index is -0.739. The van der Waals surface area contributed by atoms with Gasteiger partial charge in [-0.1, -0.05) is 37.6 Å². The van der Waals surface area contributed by atoms with Gasteiger partial charge in [0.05, 0.1) is 30.9 Å². The number of rotatable bonds is 12. The van der Waals surface area contributed by atoms with Crippen LogP contribution in [0.5, 0.6) is 11.5 Å². The number of phenols is 1. The first kappa shape index (κ1) is 25.1. The molecule has 6 heteroatoms. The molecule has 3 rings (SSSR count). The van der Waals surface area contributed by atoms with E-state index < -0.39 is 6.10 Å². The molecule has 0 spiro atoms. The molecule has 0 aliphatic carbocycles. The zero-order valence-corrected chi connectivity index (χ0v) is 19.7. The first-order valence-corrected chi connectivity index (χ1v) is 11.7. The number of carbonyl (C=O) groups is 1. The fraction of sp³-hybridized carbons (Fsp3) is 0.321. The number of benzene rings is 3. The van der Waals surface area contributed by atoms with Crippen molar-refractivity contribution < 1.29 is 24.5 Å². The molecule has 3 aromatic rings. The van der Waals surface area contributed by atoms with Crippen molar-refractivity contribution in [3.63, 3.8) is 0 Å². The highest BCUT2D eigenvalue weighted by Crippen LogP contribution is 2.31. The molecule has 0 heterocycles. The molecule has 2 unspecified atom stereocenters. The number of carbonyl (C=O) groups excluding carboxylic acids is 1. The minimum Gasteiger partial charge on any atom is -0.508 e. The van der Waals surface area contributed by atoms with Gasteiger partial charge >= 0.3 is 5.97 Å². The smallest absolute Gasteiger partial charge is 0.338 e. The van der Waals surface area contributed by atoms with E-state index in [1.165, 1.54) is 0 Å². The zero-order chi connectivity index (χ0) is 24.3. The third-order valence-corrected chi connectivity index (χ3v) is 5.52. The number of esters is 1. The average Bonchev–Trinajstić information content (AvgIpc) is 2.85. The molecule has 6 nitrogen and oxygen atoms in total. The van der Waals surface area contributed by atoms with Gasteiger partial charge in [0.1, 0.15) is 11.5 Å². The van der Waals surface area contributed by atoms with Gasteiger partial charge in [-0.2, -0.15) is 0 Å². The number of anilines is 1. The minimum absolute atomic E-state index is 0.158. The summed E-state index contributed by atoms with van der Waals surface area (Å²) in [5.74, 6) is 0.617. The molecule has 0 amide bonds. The van der Waals surface area contributed by atoms with Crippen LogP contribution in [0.4, 0.5) is 5.69 Å². The lowest BCUT2D eigenvalue weighted by Gasteiger charge is -2.24. The quantitative estimate of drug-likeness (QED) is 0.225. The number of phenolic OH excluding ortho intramolecular Hbond substituents is 1. The second kappa shape index (κ2) is 12.7. The van der Waals surface area contributed by atoms with Gasteiger partial charge in [0.2, 0.25) is 0 Å². The number of aliphatic hydroxyl groups excluding tert-OH is 1. The summed E-state index contributed by atoms with van der Waals surface area (Å²) in [5, 5.41) is 23.9. The van der Waals surface area contributed by atoms with Crippen molar-refractivity contribution in [2.75, 3.05) is 18.5 Å². The molecule has 0 saturated heterocycles. The Kier molecular flexibility index (Phi) is 9.35. The van der Waals surface area contributed by atoms with Gasteiger partial charge in [-0.25, -0.2) is 4.79 Å². The summed E-state index contributed by atoms with van der Waals surface area (Å²) in [6, 6.07) is 21.3. The van der Waals surface area contributed by atoms with Crippen LogP contribution < -0.4 is 10.1 Å². The molecule has 3 N–H and O–H groups in total. The van der Waals surface area contributed by atoms with E-state index in [0.717, 1.165) is 35.4 Å². The number of unbranched alkanes of at least 4 members (excludes halogenated alkanes) is 1. The highest BCUT2D eigenvalue weighted by Gasteiger charge is 2.19. The van der Waals surface area contributed by atoms with Crippen LogP contribution in [0, 0.1) is 0 Å². The Morgan fingerprint density at radius 1 is 0.912 bits per heavy atom. The van der Waals surface area contributed by atoms with Crippen molar-refractivity contribution in [2.45, 2.75) is 45.3 Å². The van der Waals surface area contributed by atoms with Crippen LogP contribution in [-0.2, 0) is 4.74 Å². The third-order valence-electron chi connectivity index (χ3n) is 5.52. The van der Waals surface area contributed by atoms with Crippen molar-refractivity contribution in [3.05, 3.63) is 89.5 Å². The van der Waals surface area contributed by atoms with Crippen LogP contribution in [-0.4, -0.2) is 29.4 Å². The summed E-state index contributed by atoms with van der Waals surface area (Å²) in [4.78, 5) is 11.9. The lowest BCUT2D eigenvalue weighted by molar-refractivity contribution is 0.0526. The topological polar surface area (TPSA) is 88.0 Å². The van der Waals surface area contributed by atoms with Crippen LogP contribution in [0.1, 0.15) is 66.7 Å². The van der Waals surface area contributed by atoms with Crippen LogP contribution in [0.2, 0.25) is 0 Å². The number of ether oxygens (including phenoxy) is 2. The highest BCUT2D eigenvalue weighted by molar-refractivity contribution is 5.89. The second-order valence-electron chi connectivity index (χ2n) is 8.11. The van der Waals surface area contributed by atoms with Gasteiger partial charge in [-0.15, -0.1) is 0 Å². The van der Waals surface area contributed by atoms with E-state index in [9.17, 15) is 15.0 Å².